The van der Waals surface area contributed by atoms with Gasteiger partial charge in [-0.1, -0.05) is 26.0 Å². The van der Waals surface area contributed by atoms with Crippen LogP contribution in [-0.2, 0) is 11.2 Å². The number of anilines is 1. The highest BCUT2D eigenvalue weighted by Gasteiger charge is 2.15. The van der Waals surface area contributed by atoms with Gasteiger partial charge in [-0.15, -0.1) is 0 Å². The molecule has 2 rings (SSSR count). The third-order valence-electron chi connectivity index (χ3n) is 2.88. The molecule has 100 valence electrons. The summed E-state index contributed by atoms with van der Waals surface area (Å²) in [5.41, 5.74) is 2.68. The zero-order valence-corrected chi connectivity index (χ0v) is 11.0. The van der Waals surface area contributed by atoms with E-state index in [0.29, 0.717) is 29.8 Å². The average molecular weight is 261 g/mol. The van der Waals surface area contributed by atoms with Crippen LogP contribution < -0.4 is 5.32 Å². The summed E-state index contributed by atoms with van der Waals surface area (Å²) in [7, 11) is 0. The van der Waals surface area contributed by atoms with Crippen molar-refractivity contribution in [3.8, 4) is 11.3 Å². The number of carbonyl (C=O) groups is 1. The Hall–Kier alpha value is -2.17. The van der Waals surface area contributed by atoms with E-state index in [-0.39, 0.29) is 11.7 Å². The summed E-state index contributed by atoms with van der Waals surface area (Å²) < 4.78 is 13.3. The molecule has 1 aromatic heterocycles. The zero-order chi connectivity index (χ0) is 13.8. The van der Waals surface area contributed by atoms with Crippen LogP contribution in [0.1, 0.15) is 26.0 Å². The van der Waals surface area contributed by atoms with Gasteiger partial charge in [-0.25, -0.2) is 4.39 Å². The van der Waals surface area contributed by atoms with E-state index < -0.39 is 0 Å². The van der Waals surface area contributed by atoms with Crippen LogP contribution in [0.25, 0.3) is 11.3 Å². The van der Waals surface area contributed by atoms with Crippen LogP contribution in [0.5, 0.6) is 0 Å². The van der Waals surface area contributed by atoms with Gasteiger partial charge in [0.2, 0.25) is 5.91 Å². The van der Waals surface area contributed by atoms with Crippen molar-refractivity contribution in [2.75, 3.05) is 5.32 Å². The normalized spacial score (nSPS) is 10.5. The van der Waals surface area contributed by atoms with Gasteiger partial charge in [-0.2, -0.15) is 5.10 Å². The lowest BCUT2D eigenvalue weighted by Gasteiger charge is -2.06. The number of hydrogen-bond donors (Lipinski definition) is 2. The molecule has 0 radical (unpaired) electrons. The molecule has 0 fully saturated rings. The number of aromatic nitrogens is 2. The maximum atomic E-state index is 13.3. The summed E-state index contributed by atoms with van der Waals surface area (Å²) >= 11 is 0. The monoisotopic (exact) mass is 261 g/mol. The van der Waals surface area contributed by atoms with Gasteiger partial charge < -0.3 is 5.32 Å². The molecule has 0 bridgehead atoms. The van der Waals surface area contributed by atoms with Crippen LogP contribution >= 0.6 is 0 Å². The third kappa shape index (κ3) is 2.81. The molecule has 0 aliphatic heterocycles. The lowest BCUT2D eigenvalue weighted by molar-refractivity contribution is -0.115. The van der Waals surface area contributed by atoms with Crippen LogP contribution in [0.4, 0.5) is 10.1 Å². The maximum absolute atomic E-state index is 13.3. The van der Waals surface area contributed by atoms with E-state index in [9.17, 15) is 9.18 Å². The highest BCUT2D eigenvalue weighted by atomic mass is 19.1. The van der Waals surface area contributed by atoms with Crippen LogP contribution in [0.15, 0.2) is 24.3 Å². The van der Waals surface area contributed by atoms with Crippen LogP contribution in [0.2, 0.25) is 0 Å². The highest BCUT2D eigenvalue weighted by molar-refractivity contribution is 5.95. The van der Waals surface area contributed by atoms with Gasteiger partial charge in [0.05, 0.1) is 11.4 Å². The van der Waals surface area contributed by atoms with E-state index in [1.807, 2.05) is 6.92 Å². The largest absolute Gasteiger partial charge is 0.323 e. The molecule has 0 aliphatic carbocycles. The first-order valence-electron chi connectivity index (χ1n) is 6.28. The van der Waals surface area contributed by atoms with Crippen molar-refractivity contribution in [3.05, 3.63) is 35.8 Å². The average Bonchev–Trinajstić information content (AvgIpc) is 2.81. The van der Waals surface area contributed by atoms with Crippen molar-refractivity contribution in [2.45, 2.75) is 26.7 Å². The number of aryl methyl sites for hydroxylation is 1. The standard InChI is InChI=1S/C14H16FN3O/c1-3-11-14(16-12(19)4-2)13(18-17-11)9-6-5-7-10(15)8-9/h5-8H,3-4H2,1-2H3,(H,16,19)(H,17,18). The first-order valence-corrected chi connectivity index (χ1v) is 6.28. The van der Waals surface area contributed by atoms with Gasteiger partial charge in [0.15, 0.2) is 0 Å². The number of hydrogen-bond acceptors (Lipinski definition) is 2. The highest BCUT2D eigenvalue weighted by Crippen LogP contribution is 2.29. The number of aromatic amines is 1. The lowest BCUT2D eigenvalue weighted by Crippen LogP contribution is -2.11. The minimum Gasteiger partial charge on any atom is -0.323 e. The summed E-state index contributed by atoms with van der Waals surface area (Å²) in [5, 5.41) is 9.89. The van der Waals surface area contributed by atoms with Crippen molar-refractivity contribution in [2.24, 2.45) is 0 Å². The molecular formula is C14H16FN3O. The molecule has 2 aromatic rings. The molecule has 0 saturated carbocycles. The quantitative estimate of drug-likeness (QED) is 0.888. The summed E-state index contributed by atoms with van der Waals surface area (Å²) in [6.07, 6.45) is 1.10. The number of nitrogens with one attached hydrogen (secondary N) is 2. The van der Waals surface area contributed by atoms with Gasteiger partial charge >= 0.3 is 0 Å². The number of H-pyrrole nitrogens is 1. The summed E-state index contributed by atoms with van der Waals surface area (Å²) in [4.78, 5) is 11.6. The third-order valence-corrected chi connectivity index (χ3v) is 2.88. The molecule has 4 nitrogen and oxygen atoms in total. The van der Waals surface area contributed by atoms with E-state index in [2.05, 4.69) is 15.5 Å². The van der Waals surface area contributed by atoms with Crippen molar-refractivity contribution >= 4 is 11.6 Å². The van der Waals surface area contributed by atoms with Gasteiger partial charge in [0, 0.05) is 12.0 Å². The molecular weight excluding hydrogens is 245 g/mol. The Morgan fingerprint density at radius 2 is 2.21 bits per heavy atom. The molecule has 1 amide bonds. The molecule has 0 atom stereocenters. The summed E-state index contributed by atoms with van der Waals surface area (Å²) in [5.74, 6) is -0.417. The number of rotatable bonds is 4. The van der Waals surface area contributed by atoms with Gasteiger partial charge in [-0.3, -0.25) is 9.89 Å². The second kappa shape index (κ2) is 5.65. The molecule has 5 heteroatoms. The van der Waals surface area contributed by atoms with Gasteiger partial charge in [0.1, 0.15) is 11.5 Å². The summed E-state index contributed by atoms with van der Waals surface area (Å²) in [6.45, 7) is 3.74. The molecule has 1 aromatic carbocycles. The fraction of sp³-hybridized carbons (Fsp3) is 0.286. The Morgan fingerprint density at radius 3 is 2.84 bits per heavy atom. The summed E-state index contributed by atoms with van der Waals surface area (Å²) in [6, 6.07) is 6.16. The predicted molar refractivity (Wildman–Crippen MR) is 72.3 cm³/mol. The van der Waals surface area contributed by atoms with Crippen molar-refractivity contribution < 1.29 is 9.18 Å². The Balaban J connectivity index is 2.45. The molecule has 1 heterocycles. The van der Waals surface area contributed by atoms with Crippen LogP contribution in [0.3, 0.4) is 0 Å². The Kier molecular flexibility index (Phi) is 3.94. The zero-order valence-electron chi connectivity index (χ0n) is 11.0. The van der Waals surface area contributed by atoms with Crippen molar-refractivity contribution in [3.63, 3.8) is 0 Å². The van der Waals surface area contributed by atoms with E-state index in [4.69, 9.17) is 0 Å². The number of halogens is 1. The van der Waals surface area contributed by atoms with Gasteiger partial charge in [0.25, 0.3) is 0 Å². The molecule has 19 heavy (non-hydrogen) atoms. The first-order chi connectivity index (χ1) is 9.15. The number of nitrogens with zero attached hydrogens (tertiary/aromatic N) is 1. The molecule has 0 unspecified atom stereocenters. The van der Waals surface area contributed by atoms with Crippen molar-refractivity contribution in [1.29, 1.82) is 0 Å². The molecule has 0 saturated heterocycles. The minimum absolute atomic E-state index is 0.0891. The second-order valence-electron chi connectivity index (χ2n) is 4.19. The Labute approximate surface area is 111 Å². The molecule has 2 N–H and O–H groups in total. The molecule has 0 aliphatic rings. The van der Waals surface area contributed by atoms with E-state index in [1.54, 1.807) is 19.1 Å². The van der Waals surface area contributed by atoms with E-state index in [1.165, 1.54) is 12.1 Å². The Bertz CT molecular complexity index is 592. The van der Waals surface area contributed by atoms with E-state index >= 15 is 0 Å². The number of benzene rings is 1. The topological polar surface area (TPSA) is 57.8 Å². The fourth-order valence-electron chi connectivity index (χ4n) is 1.84. The van der Waals surface area contributed by atoms with Crippen molar-refractivity contribution in [1.82, 2.24) is 10.2 Å². The molecule has 0 spiro atoms. The first kappa shape index (κ1) is 13.3. The minimum atomic E-state index is -0.327. The SMILES string of the molecule is CCC(=O)Nc1c(-c2cccc(F)c2)n[nH]c1CC. The Morgan fingerprint density at radius 1 is 1.42 bits per heavy atom. The van der Waals surface area contributed by atoms with E-state index in [0.717, 1.165) is 5.69 Å². The predicted octanol–water partition coefficient (Wildman–Crippen LogP) is 3.13. The van der Waals surface area contributed by atoms with Crippen LogP contribution in [-0.4, -0.2) is 16.1 Å². The number of carbonyl (C=O) groups excluding carboxylic acids is 1. The lowest BCUT2D eigenvalue weighted by atomic mass is 10.1. The maximum Gasteiger partial charge on any atom is 0.224 e. The van der Waals surface area contributed by atoms with Gasteiger partial charge in [-0.05, 0) is 18.6 Å². The van der Waals surface area contributed by atoms with Crippen LogP contribution in [0, 0.1) is 5.82 Å². The second-order valence-corrected chi connectivity index (χ2v) is 4.19. The smallest absolute Gasteiger partial charge is 0.224 e. The fourth-order valence-corrected chi connectivity index (χ4v) is 1.84. The number of amides is 1.